The topological polar surface area (TPSA) is 66.9 Å². The van der Waals surface area contributed by atoms with Crippen molar-refractivity contribution in [2.45, 2.75) is 29.6 Å². The molecule has 9 heteroatoms. The van der Waals surface area contributed by atoms with Crippen LogP contribution in [0.15, 0.2) is 52.3 Å². The largest absolute Gasteiger partial charge is 0.494 e. The lowest BCUT2D eigenvalue weighted by Gasteiger charge is -2.35. The van der Waals surface area contributed by atoms with Gasteiger partial charge in [0.1, 0.15) is 5.75 Å². The summed E-state index contributed by atoms with van der Waals surface area (Å²) in [5.74, 6) is 1.35. The SMILES string of the molecule is CCOc1ccc(S(=O)(=O)N2CCC(C(=O)N3CCSc4ccc(Cl)cc43)CC2)cc1. The van der Waals surface area contributed by atoms with Crippen LogP contribution in [0.4, 0.5) is 5.69 Å². The number of anilines is 1. The highest BCUT2D eigenvalue weighted by atomic mass is 35.5. The number of amides is 1. The van der Waals surface area contributed by atoms with E-state index >= 15 is 0 Å². The van der Waals surface area contributed by atoms with E-state index in [2.05, 4.69) is 0 Å². The highest BCUT2D eigenvalue weighted by molar-refractivity contribution is 7.99. The molecule has 2 aliphatic rings. The monoisotopic (exact) mass is 480 g/mol. The quantitative estimate of drug-likeness (QED) is 0.639. The van der Waals surface area contributed by atoms with Gasteiger partial charge in [-0.3, -0.25) is 4.79 Å². The van der Waals surface area contributed by atoms with Crippen LogP contribution in [0.25, 0.3) is 0 Å². The molecular weight excluding hydrogens is 456 g/mol. The normalized spacial score (nSPS) is 17.9. The van der Waals surface area contributed by atoms with Gasteiger partial charge in [-0.15, -0.1) is 11.8 Å². The lowest BCUT2D eigenvalue weighted by Crippen LogP contribution is -2.45. The number of benzene rings is 2. The van der Waals surface area contributed by atoms with Crippen LogP contribution >= 0.6 is 23.4 Å². The van der Waals surface area contributed by atoms with Gasteiger partial charge in [0.15, 0.2) is 0 Å². The highest BCUT2D eigenvalue weighted by Gasteiger charge is 2.35. The third kappa shape index (κ3) is 4.72. The third-order valence-corrected chi connectivity index (χ3v) is 8.82. The molecule has 0 spiro atoms. The zero-order chi connectivity index (χ0) is 22.0. The van der Waals surface area contributed by atoms with Crippen molar-refractivity contribution < 1.29 is 17.9 Å². The van der Waals surface area contributed by atoms with E-state index in [0.717, 1.165) is 16.3 Å². The molecule has 31 heavy (non-hydrogen) atoms. The smallest absolute Gasteiger partial charge is 0.243 e. The number of hydrogen-bond acceptors (Lipinski definition) is 5. The molecule has 0 N–H and O–H groups in total. The number of sulfonamides is 1. The van der Waals surface area contributed by atoms with Crippen molar-refractivity contribution in [3.8, 4) is 5.75 Å². The van der Waals surface area contributed by atoms with E-state index in [4.69, 9.17) is 16.3 Å². The first-order valence-electron chi connectivity index (χ1n) is 10.4. The van der Waals surface area contributed by atoms with Gasteiger partial charge in [-0.05, 0) is 62.2 Å². The number of hydrogen-bond donors (Lipinski definition) is 0. The van der Waals surface area contributed by atoms with Crippen molar-refractivity contribution >= 4 is 45.0 Å². The maximum Gasteiger partial charge on any atom is 0.243 e. The van der Waals surface area contributed by atoms with Crippen LogP contribution in [-0.4, -0.2) is 50.6 Å². The van der Waals surface area contributed by atoms with Gasteiger partial charge in [0, 0.05) is 41.2 Å². The Balaban J connectivity index is 1.43. The molecule has 1 saturated heterocycles. The van der Waals surface area contributed by atoms with E-state index in [1.54, 1.807) is 36.0 Å². The van der Waals surface area contributed by atoms with Gasteiger partial charge < -0.3 is 9.64 Å². The highest BCUT2D eigenvalue weighted by Crippen LogP contribution is 2.38. The second kappa shape index (κ2) is 9.40. The van der Waals surface area contributed by atoms with Crippen LogP contribution in [0.3, 0.4) is 0 Å². The standard InChI is InChI=1S/C22H25ClN2O4S2/c1-2-29-18-4-6-19(7-5-18)31(27,28)24-11-9-16(10-12-24)22(26)25-13-14-30-21-8-3-17(23)15-20(21)25/h3-8,15-16H,2,9-14H2,1H3. The van der Waals surface area contributed by atoms with E-state index in [1.807, 2.05) is 30.0 Å². The Bertz CT molecular complexity index is 1050. The first kappa shape index (κ1) is 22.5. The summed E-state index contributed by atoms with van der Waals surface area (Å²) >= 11 is 7.88. The fourth-order valence-corrected chi connectivity index (χ4v) is 6.62. The predicted octanol–water partition coefficient (Wildman–Crippen LogP) is 4.28. The van der Waals surface area contributed by atoms with Crippen LogP contribution in [0, 0.1) is 5.92 Å². The molecule has 0 radical (unpaired) electrons. The molecule has 2 aliphatic heterocycles. The zero-order valence-corrected chi connectivity index (χ0v) is 19.7. The summed E-state index contributed by atoms with van der Waals surface area (Å²) in [6.45, 7) is 3.71. The number of carbonyl (C=O) groups excluding carboxylic acids is 1. The number of fused-ring (bicyclic) bond motifs is 1. The van der Waals surface area contributed by atoms with Crippen LogP contribution in [0.1, 0.15) is 19.8 Å². The Kier molecular flexibility index (Phi) is 6.81. The summed E-state index contributed by atoms with van der Waals surface area (Å²) in [7, 11) is -3.59. The Morgan fingerprint density at radius 3 is 2.52 bits per heavy atom. The van der Waals surface area contributed by atoms with Crippen molar-refractivity contribution in [2.24, 2.45) is 5.92 Å². The second-order valence-corrected chi connectivity index (χ2v) is 11.0. The third-order valence-electron chi connectivity index (χ3n) is 5.63. The molecule has 6 nitrogen and oxygen atoms in total. The summed E-state index contributed by atoms with van der Waals surface area (Å²) in [5, 5.41) is 0.607. The van der Waals surface area contributed by atoms with Crippen molar-refractivity contribution in [1.82, 2.24) is 4.31 Å². The number of rotatable bonds is 5. The molecule has 1 amide bonds. The molecule has 0 saturated carbocycles. The molecule has 2 heterocycles. The summed E-state index contributed by atoms with van der Waals surface area (Å²) in [6, 6.07) is 12.1. The van der Waals surface area contributed by atoms with Crippen molar-refractivity contribution in [3.05, 3.63) is 47.5 Å². The molecule has 2 aromatic rings. The van der Waals surface area contributed by atoms with E-state index in [0.29, 0.717) is 49.9 Å². The van der Waals surface area contributed by atoms with Crippen LogP contribution in [-0.2, 0) is 14.8 Å². The molecule has 0 atom stereocenters. The van der Waals surface area contributed by atoms with E-state index < -0.39 is 10.0 Å². The van der Waals surface area contributed by atoms with Crippen molar-refractivity contribution in [1.29, 1.82) is 0 Å². The lowest BCUT2D eigenvalue weighted by atomic mass is 9.96. The number of piperidine rings is 1. The number of thioether (sulfide) groups is 1. The minimum Gasteiger partial charge on any atom is -0.494 e. The Morgan fingerprint density at radius 1 is 1.13 bits per heavy atom. The maximum absolute atomic E-state index is 13.2. The fourth-order valence-electron chi connectivity index (χ4n) is 4.01. The molecule has 2 aromatic carbocycles. The molecular formula is C22H25ClN2O4S2. The minimum atomic E-state index is -3.59. The average molecular weight is 481 g/mol. The number of halogens is 1. The molecule has 0 aromatic heterocycles. The van der Waals surface area contributed by atoms with Gasteiger partial charge in [0.25, 0.3) is 0 Å². The van der Waals surface area contributed by atoms with Crippen LogP contribution in [0.5, 0.6) is 5.75 Å². The molecule has 0 aliphatic carbocycles. The van der Waals surface area contributed by atoms with Crippen molar-refractivity contribution in [3.63, 3.8) is 0 Å². The maximum atomic E-state index is 13.2. The van der Waals surface area contributed by atoms with Gasteiger partial charge >= 0.3 is 0 Å². The van der Waals surface area contributed by atoms with E-state index in [9.17, 15) is 13.2 Å². The van der Waals surface area contributed by atoms with Gasteiger partial charge in [-0.25, -0.2) is 8.42 Å². The van der Waals surface area contributed by atoms with Crippen molar-refractivity contribution in [2.75, 3.05) is 36.9 Å². The lowest BCUT2D eigenvalue weighted by molar-refractivity contribution is -0.123. The Labute approximate surface area is 192 Å². The molecule has 0 unspecified atom stereocenters. The Morgan fingerprint density at radius 2 is 1.84 bits per heavy atom. The zero-order valence-electron chi connectivity index (χ0n) is 17.3. The number of carbonyl (C=O) groups is 1. The minimum absolute atomic E-state index is 0.0573. The number of ether oxygens (including phenoxy) is 1. The summed E-state index contributed by atoms with van der Waals surface area (Å²) in [5.41, 5.74) is 0.859. The number of nitrogens with zero attached hydrogens (tertiary/aromatic N) is 2. The van der Waals surface area contributed by atoms with Gasteiger partial charge in [0.2, 0.25) is 15.9 Å². The second-order valence-electron chi connectivity index (χ2n) is 7.53. The first-order valence-corrected chi connectivity index (χ1v) is 13.2. The predicted molar refractivity (Wildman–Crippen MR) is 124 cm³/mol. The molecule has 166 valence electrons. The fraction of sp³-hybridized carbons (Fsp3) is 0.409. The van der Waals surface area contributed by atoms with E-state index in [-0.39, 0.29) is 16.7 Å². The van der Waals surface area contributed by atoms with Crippen LogP contribution in [0.2, 0.25) is 5.02 Å². The average Bonchev–Trinajstić information content (AvgIpc) is 2.79. The molecule has 0 bridgehead atoms. The first-order chi connectivity index (χ1) is 14.9. The Hall–Kier alpha value is -1.74. The van der Waals surface area contributed by atoms with Crippen LogP contribution < -0.4 is 9.64 Å². The van der Waals surface area contributed by atoms with Gasteiger partial charge in [-0.1, -0.05) is 11.6 Å². The summed E-state index contributed by atoms with van der Waals surface area (Å²) in [6.07, 6.45) is 1.02. The van der Waals surface area contributed by atoms with Gasteiger partial charge in [0.05, 0.1) is 17.2 Å². The molecule has 4 rings (SSSR count). The summed E-state index contributed by atoms with van der Waals surface area (Å²) in [4.78, 5) is 16.4. The summed E-state index contributed by atoms with van der Waals surface area (Å²) < 4.78 is 32.9. The van der Waals surface area contributed by atoms with E-state index in [1.165, 1.54) is 4.31 Å². The van der Waals surface area contributed by atoms with Gasteiger partial charge in [-0.2, -0.15) is 4.31 Å². The molecule has 1 fully saturated rings.